The number of aliphatic carboxylic acids is 1. The van der Waals surface area contributed by atoms with Crippen LogP contribution in [0, 0.1) is 5.92 Å². The molecule has 0 aromatic heterocycles. The van der Waals surface area contributed by atoms with E-state index in [-0.39, 0.29) is 5.78 Å². The van der Waals surface area contributed by atoms with Gasteiger partial charge >= 0.3 is 12.0 Å². The van der Waals surface area contributed by atoms with Crippen LogP contribution in [0.25, 0.3) is 0 Å². The van der Waals surface area contributed by atoms with Crippen molar-refractivity contribution in [3.8, 4) is 5.75 Å². The molecule has 1 saturated heterocycles. The van der Waals surface area contributed by atoms with Gasteiger partial charge in [-0.3, -0.25) is 4.79 Å². The van der Waals surface area contributed by atoms with Crippen LogP contribution in [0.2, 0.25) is 5.02 Å². The van der Waals surface area contributed by atoms with Gasteiger partial charge in [0.15, 0.2) is 5.78 Å². The zero-order chi connectivity index (χ0) is 28.2. The van der Waals surface area contributed by atoms with Crippen LogP contribution < -0.4 is 10.1 Å². The molecule has 2 amide bonds. The second kappa shape index (κ2) is 11.6. The van der Waals surface area contributed by atoms with E-state index in [4.69, 9.17) is 16.3 Å². The van der Waals surface area contributed by atoms with Crippen LogP contribution in [0.5, 0.6) is 5.75 Å². The summed E-state index contributed by atoms with van der Waals surface area (Å²) in [6.07, 6.45) is 0. The fourth-order valence-electron chi connectivity index (χ4n) is 5.49. The van der Waals surface area contributed by atoms with Gasteiger partial charge in [0.2, 0.25) is 0 Å². The summed E-state index contributed by atoms with van der Waals surface area (Å²) in [7, 11) is 1.54. The number of hydrogen-bond donors (Lipinski definition) is 2. The van der Waals surface area contributed by atoms with E-state index in [1.54, 1.807) is 104 Å². The maximum absolute atomic E-state index is 14.3. The summed E-state index contributed by atoms with van der Waals surface area (Å²) in [6.45, 7) is 0. The molecule has 0 saturated carbocycles. The monoisotopic (exact) mass is 554 g/mol. The highest BCUT2D eigenvalue weighted by Crippen LogP contribution is 2.51. The summed E-state index contributed by atoms with van der Waals surface area (Å²) >= 11 is 6.16. The van der Waals surface area contributed by atoms with E-state index < -0.39 is 35.9 Å². The molecular formula is C32H27ClN2O5. The van der Waals surface area contributed by atoms with E-state index >= 15 is 0 Å². The van der Waals surface area contributed by atoms with Gasteiger partial charge in [-0.2, -0.15) is 0 Å². The number of likely N-dealkylation sites (tertiary alicyclic amines) is 1. The van der Waals surface area contributed by atoms with Gasteiger partial charge in [0.25, 0.3) is 0 Å². The predicted octanol–water partition coefficient (Wildman–Crippen LogP) is 6.67. The van der Waals surface area contributed by atoms with Gasteiger partial charge < -0.3 is 20.1 Å². The average molecular weight is 555 g/mol. The molecule has 4 aromatic rings. The summed E-state index contributed by atoms with van der Waals surface area (Å²) in [5.74, 6) is -2.67. The average Bonchev–Trinajstić information content (AvgIpc) is 3.35. The quantitative estimate of drug-likeness (QED) is 0.249. The Hall–Kier alpha value is -4.62. The molecule has 4 unspecified atom stereocenters. The molecule has 8 heteroatoms. The number of urea groups is 1. The number of nitrogens with zero attached hydrogens (tertiary/aromatic N) is 1. The number of hydrogen-bond acceptors (Lipinski definition) is 4. The van der Waals surface area contributed by atoms with Crippen LogP contribution in [-0.4, -0.2) is 40.9 Å². The number of carbonyl (C=O) groups is 3. The highest BCUT2D eigenvalue weighted by atomic mass is 35.5. The first kappa shape index (κ1) is 27.0. The second-order valence-corrected chi connectivity index (χ2v) is 9.97. The third kappa shape index (κ3) is 5.28. The predicted molar refractivity (Wildman–Crippen MR) is 153 cm³/mol. The standard InChI is InChI=1S/C32H27ClN2O5/c1-40-25-18-14-21(15-19-25)28-27(30(36)22-8-4-2-5-9-22)26(20-12-16-23(33)17-13-20)29(31(37)38)35(28)32(39)34-24-10-6-3-7-11-24/h2-19,26-29H,1H3,(H,34,39)(H,37,38). The molecule has 2 N–H and O–H groups in total. The van der Waals surface area contributed by atoms with Crippen molar-refractivity contribution >= 4 is 35.1 Å². The molecule has 202 valence electrons. The Labute approximate surface area is 237 Å². The third-order valence-corrected chi connectivity index (χ3v) is 7.50. The number of anilines is 1. The minimum absolute atomic E-state index is 0.261. The number of halogens is 1. The largest absolute Gasteiger partial charge is 0.497 e. The van der Waals surface area contributed by atoms with E-state index in [0.717, 1.165) is 0 Å². The number of rotatable bonds is 7. The Balaban J connectivity index is 1.72. The first-order chi connectivity index (χ1) is 19.4. The fraction of sp³-hybridized carbons (Fsp3) is 0.156. The highest BCUT2D eigenvalue weighted by molar-refractivity contribution is 6.30. The number of nitrogens with one attached hydrogen (secondary N) is 1. The lowest BCUT2D eigenvalue weighted by atomic mass is 9.76. The van der Waals surface area contributed by atoms with Crippen molar-refractivity contribution < 1.29 is 24.2 Å². The number of ether oxygens (including phenoxy) is 1. The van der Waals surface area contributed by atoms with E-state index in [1.165, 1.54) is 4.90 Å². The number of amides is 2. The zero-order valence-corrected chi connectivity index (χ0v) is 22.4. The van der Waals surface area contributed by atoms with Gasteiger partial charge in [0, 0.05) is 22.2 Å². The molecule has 4 atom stereocenters. The van der Waals surface area contributed by atoms with Crippen LogP contribution >= 0.6 is 11.6 Å². The van der Waals surface area contributed by atoms with Crippen molar-refractivity contribution in [1.29, 1.82) is 0 Å². The lowest BCUT2D eigenvalue weighted by Crippen LogP contribution is -2.45. The molecule has 0 spiro atoms. The van der Waals surface area contributed by atoms with Gasteiger partial charge in [-0.05, 0) is 47.5 Å². The maximum Gasteiger partial charge on any atom is 0.327 e. The van der Waals surface area contributed by atoms with Gasteiger partial charge in [0.1, 0.15) is 11.8 Å². The lowest BCUT2D eigenvalue weighted by molar-refractivity contribution is -0.142. The lowest BCUT2D eigenvalue weighted by Gasteiger charge is -2.30. The van der Waals surface area contributed by atoms with Gasteiger partial charge in [-0.25, -0.2) is 9.59 Å². The number of benzene rings is 4. The zero-order valence-electron chi connectivity index (χ0n) is 21.6. The third-order valence-electron chi connectivity index (χ3n) is 7.25. The van der Waals surface area contributed by atoms with Crippen LogP contribution in [0.3, 0.4) is 0 Å². The number of carboxylic acid groups (broad SMARTS) is 1. The van der Waals surface area contributed by atoms with E-state index in [0.29, 0.717) is 33.1 Å². The van der Waals surface area contributed by atoms with Crippen LogP contribution in [0.1, 0.15) is 33.4 Å². The maximum atomic E-state index is 14.3. The molecule has 1 aliphatic heterocycles. The summed E-state index contributed by atoms with van der Waals surface area (Å²) in [5.41, 5.74) is 2.14. The molecule has 40 heavy (non-hydrogen) atoms. The van der Waals surface area contributed by atoms with Crippen molar-refractivity contribution in [2.75, 3.05) is 12.4 Å². The van der Waals surface area contributed by atoms with E-state index in [1.807, 2.05) is 12.1 Å². The van der Waals surface area contributed by atoms with Gasteiger partial charge in [-0.15, -0.1) is 0 Å². The van der Waals surface area contributed by atoms with Crippen molar-refractivity contribution in [2.24, 2.45) is 5.92 Å². The molecule has 7 nitrogen and oxygen atoms in total. The summed E-state index contributed by atoms with van der Waals surface area (Å²) < 4.78 is 5.32. The second-order valence-electron chi connectivity index (χ2n) is 9.54. The molecule has 1 aliphatic rings. The molecule has 5 rings (SSSR count). The minimum Gasteiger partial charge on any atom is -0.497 e. The van der Waals surface area contributed by atoms with Crippen LogP contribution in [-0.2, 0) is 4.79 Å². The minimum atomic E-state index is -1.35. The Kier molecular flexibility index (Phi) is 7.84. The Morgan fingerprint density at radius 3 is 1.95 bits per heavy atom. The fourth-order valence-corrected chi connectivity index (χ4v) is 5.62. The smallest absolute Gasteiger partial charge is 0.327 e. The van der Waals surface area contributed by atoms with E-state index in [2.05, 4.69) is 5.32 Å². The first-order valence-electron chi connectivity index (χ1n) is 12.7. The summed E-state index contributed by atoms with van der Waals surface area (Å²) in [6, 6.07) is 28.4. The topological polar surface area (TPSA) is 95.9 Å². The first-order valence-corrected chi connectivity index (χ1v) is 13.1. The number of carbonyl (C=O) groups excluding carboxylic acids is 2. The number of para-hydroxylation sites is 1. The SMILES string of the molecule is COc1ccc(C2C(C(=O)c3ccccc3)C(c3ccc(Cl)cc3)C(C(=O)O)N2C(=O)Nc2ccccc2)cc1. The van der Waals surface area contributed by atoms with Crippen molar-refractivity contribution in [1.82, 2.24) is 4.90 Å². The number of methoxy groups -OCH3 is 1. The summed E-state index contributed by atoms with van der Waals surface area (Å²) in [4.78, 5) is 42.6. The molecule has 1 heterocycles. The number of Topliss-reactive ketones (excluding diaryl/α,β-unsaturated/α-hetero) is 1. The number of carboxylic acids is 1. The Morgan fingerprint density at radius 1 is 0.800 bits per heavy atom. The molecular weight excluding hydrogens is 528 g/mol. The highest BCUT2D eigenvalue weighted by Gasteiger charge is 2.57. The Bertz CT molecular complexity index is 1490. The molecule has 1 fully saturated rings. The van der Waals surface area contributed by atoms with Crippen LogP contribution in [0.15, 0.2) is 109 Å². The van der Waals surface area contributed by atoms with Gasteiger partial charge in [0.05, 0.1) is 19.1 Å². The Morgan fingerprint density at radius 2 is 1.38 bits per heavy atom. The number of ketones is 1. The van der Waals surface area contributed by atoms with Crippen LogP contribution in [0.4, 0.5) is 10.5 Å². The van der Waals surface area contributed by atoms with Gasteiger partial charge in [-0.1, -0.05) is 84.4 Å². The molecule has 0 radical (unpaired) electrons. The van der Waals surface area contributed by atoms with Crippen molar-refractivity contribution in [3.63, 3.8) is 0 Å². The van der Waals surface area contributed by atoms with Crippen molar-refractivity contribution in [2.45, 2.75) is 18.0 Å². The molecule has 4 aromatic carbocycles. The van der Waals surface area contributed by atoms with Crippen molar-refractivity contribution in [3.05, 3.63) is 131 Å². The molecule has 0 aliphatic carbocycles. The normalized spacial score (nSPS) is 20.1. The summed E-state index contributed by atoms with van der Waals surface area (Å²) in [5, 5.41) is 13.9. The van der Waals surface area contributed by atoms with E-state index in [9.17, 15) is 19.5 Å². The molecule has 0 bridgehead atoms.